The summed E-state index contributed by atoms with van der Waals surface area (Å²) >= 11 is 0. The van der Waals surface area contributed by atoms with Gasteiger partial charge in [0.15, 0.2) is 0 Å². The Bertz CT molecular complexity index is 131. The summed E-state index contributed by atoms with van der Waals surface area (Å²) in [5, 5.41) is 1.47. The molecule has 0 amide bonds. The molecule has 78 valence electrons. The van der Waals surface area contributed by atoms with Crippen LogP contribution in [0.25, 0.3) is 0 Å². The van der Waals surface area contributed by atoms with Gasteiger partial charge in [-0.1, -0.05) is 0 Å². The fourth-order valence-corrected chi connectivity index (χ4v) is 0.719. The first-order chi connectivity index (χ1) is 6.31. The summed E-state index contributed by atoms with van der Waals surface area (Å²) in [5.74, 6) is 5.48. The lowest BCUT2D eigenvalue weighted by atomic mass is 10.6. The van der Waals surface area contributed by atoms with Crippen LogP contribution in [-0.2, 0) is 9.47 Å². The zero-order chi connectivity index (χ0) is 9.94. The summed E-state index contributed by atoms with van der Waals surface area (Å²) < 4.78 is 10.3. The van der Waals surface area contributed by atoms with Crippen LogP contribution in [0.2, 0.25) is 0 Å². The highest BCUT2D eigenvalue weighted by atomic mass is 16.5. The summed E-state index contributed by atoms with van der Waals surface area (Å²) in [7, 11) is 0. The molecular formula is C8H19N3O2. The van der Waals surface area contributed by atoms with Crippen molar-refractivity contribution in [1.29, 1.82) is 0 Å². The highest BCUT2D eigenvalue weighted by molar-refractivity contribution is 4.72. The fourth-order valence-electron chi connectivity index (χ4n) is 0.719. The van der Waals surface area contributed by atoms with Crippen molar-refractivity contribution in [3.63, 3.8) is 0 Å². The summed E-state index contributed by atoms with van der Waals surface area (Å²) in [4.78, 5) is 0. The van der Waals surface area contributed by atoms with Gasteiger partial charge in [0.25, 0.3) is 0 Å². The number of rotatable bonds is 8. The number of hydrogen-bond donors (Lipinski definition) is 2. The van der Waals surface area contributed by atoms with Crippen LogP contribution in [0.5, 0.6) is 0 Å². The third-order valence-corrected chi connectivity index (χ3v) is 1.35. The number of nitrogens with zero attached hydrogens (tertiary/aromatic N) is 1. The van der Waals surface area contributed by atoms with Crippen molar-refractivity contribution in [3.8, 4) is 0 Å². The molecule has 0 aliphatic rings. The molecule has 0 radical (unpaired) electrons. The van der Waals surface area contributed by atoms with Gasteiger partial charge in [0, 0.05) is 19.0 Å². The number of hydrazine groups is 1. The molecule has 0 bridgehead atoms. The van der Waals surface area contributed by atoms with Gasteiger partial charge in [0.1, 0.15) is 0 Å². The van der Waals surface area contributed by atoms with Crippen molar-refractivity contribution in [1.82, 2.24) is 5.01 Å². The van der Waals surface area contributed by atoms with Crippen LogP contribution >= 0.6 is 0 Å². The Morgan fingerprint density at radius 2 is 1.92 bits per heavy atom. The van der Waals surface area contributed by atoms with Gasteiger partial charge in [-0.2, -0.15) is 0 Å². The lowest BCUT2D eigenvalue weighted by Gasteiger charge is -2.12. The van der Waals surface area contributed by atoms with Crippen molar-refractivity contribution in [2.45, 2.75) is 6.92 Å². The van der Waals surface area contributed by atoms with Crippen LogP contribution in [0, 0.1) is 0 Å². The fraction of sp³-hybridized carbons (Fsp3) is 0.750. The second-order valence-electron chi connectivity index (χ2n) is 2.39. The molecule has 0 saturated carbocycles. The van der Waals surface area contributed by atoms with Gasteiger partial charge in [-0.15, -0.1) is 0 Å². The monoisotopic (exact) mass is 189 g/mol. The van der Waals surface area contributed by atoms with E-state index in [1.807, 2.05) is 6.92 Å². The second kappa shape index (κ2) is 9.31. The van der Waals surface area contributed by atoms with Gasteiger partial charge in [-0.05, 0) is 6.92 Å². The molecule has 0 heterocycles. The Morgan fingerprint density at radius 3 is 2.54 bits per heavy atom. The van der Waals surface area contributed by atoms with Gasteiger partial charge in [0.2, 0.25) is 0 Å². The standard InChI is InChI=1S/C8H19N3O2/c1-2-12-7-8-13-6-5-11(10)4-3-9/h3-4H,2,5-10H2,1H3. The predicted octanol–water partition coefficient (Wildman–Crippen LogP) is -0.355. The molecule has 0 aromatic carbocycles. The van der Waals surface area contributed by atoms with Gasteiger partial charge in [-0.3, -0.25) is 0 Å². The third kappa shape index (κ3) is 9.13. The topological polar surface area (TPSA) is 73.7 Å². The Kier molecular flexibility index (Phi) is 8.75. The number of ether oxygens (including phenoxy) is 2. The van der Waals surface area contributed by atoms with Crippen molar-refractivity contribution < 1.29 is 9.47 Å². The largest absolute Gasteiger partial charge is 0.403 e. The van der Waals surface area contributed by atoms with Crippen molar-refractivity contribution in [3.05, 3.63) is 12.4 Å². The number of nitrogens with two attached hydrogens (primary N) is 2. The molecule has 5 heteroatoms. The first-order valence-corrected chi connectivity index (χ1v) is 4.36. The van der Waals surface area contributed by atoms with Crippen LogP contribution in [0.4, 0.5) is 0 Å². The van der Waals surface area contributed by atoms with Crippen LogP contribution in [0.3, 0.4) is 0 Å². The molecule has 0 unspecified atom stereocenters. The molecule has 0 rings (SSSR count). The summed E-state index contributed by atoms with van der Waals surface area (Å²) in [6.45, 7) is 5.12. The van der Waals surface area contributed by atoms with E-state index < -0.39 is 0 Å². The van der Waals surface area contributed by atoms with E-state index in [1.54, 1.807) is 6.20 Å². The highest BCUT2D eigenvalue weighted by Gasteiger charge is 1.91. The van der Waals surface area contributed by atoms with Crippen LogP contribution in [0.15, 0.2) is 12.4 Å². The first kappa shape index (κ1) is 12.2. The SMILES string of the molecule is CCOCCOCCN(N)C=CN. The zero-order valence-corrected chi connectivity index (χ0v) is 8.11. The second-order valence-corrected chi connectivity index (χ2v) is 2.39. The maximum atomic E-state index is 5.48. The molecule has 0 saturated heterocycles. The van der Waals surface area contributed by atoms with Crippen LogP contribution < -0.4 is 11.6 Å². The minimum atomic E-state index is 0.577. The van der Waals surface area contributed by atoms with E-state index in [9.17, 15) is 0 Å². The van der Waals surface area contributed by atoms with E-state index in [4.69, 9.17) is 21.1 Å². The maximum absolute atomic E-state index is 5.48. The normalized spacial score (nSPS) is 10.9. The maximum Gasteiger partial charge on any atom is 0.0701 e. The molecule has 0 fully saturated rings. The molecule has 5 nitrogen and oxygen atoms in total. The molecule has 0 aromatic heterocycles. The summed E-state index contributed by atoms with van der Waals surface area (Å²) in [6, 6.07) is 0. The molecular weight excluding hydrogens is 170 g/mol. The molecule has 0 aromatic rings. The summed E-state index contributed by atoms with van der Waals surface area (Å²) in [6.07, 6.45) is 2.98. The molecule has 4 N–H and O–H groups in total. The van der Waals surface area contributed by atoms with E-state index in [0.29, 0.717) is 26.4 Å². The van der Waals surface area contributed by atoms with E-state index in [0.717, 1.165) is 6.61 Å². The van der Waals surface area contributed by atoms with Crippen LogP contribution in [-0.4, -0.2) is 38.0 Å². The minimum Gasteiger partial charge on any atom is -0.403 e. The highest BCUT2D eigenvalue weighted by Crippen LogP contribution is 1.81. The summed E-state index contributed by atoms with van der Waals surface area (Å²) in [5.41, 5.74) is 5.14. The molecule has 0 spiro atoms. The van der Waals surface area contributed by atoms with Gasteiger partial charge >= 0.3 is 0 Å². The lowest BCUT2D eigenvalue weighted by molar-refractivity contribution is 0.0470. The third-order valence-electron chi connectivity index (χ3n) is 1.35. The van der Waals surface area contributed by atoms with E-state index >= 15 is 0 Å². The lowest BCUT2D eigenvalue weighted by Crippen LogP contribution is -2.29. The number of hydrogen-bond acceptors (Lipinski definition) is 5. The quantitative estimate of drug-likeness (QED) is 0.310. The van der Waals surface area contributed by atoms with E-state index in [1.165, 1.54) is 11.2 Å². The van der Waals surface area contributed by atoms with Crippen molar-refractivity contribution >= 4 is 0 Å². The average molecular weight is 189 g/mol. The van der Waals surface area contributed by atoms with Crippen molar-refractivity contribution in [2.24, 2.45) is 11.6 Å². The average Bonchev–Trinajstić information content (AvgIpc) is 2.11. The first-order valence-electron chi connectivity index (χ1n) is 4.36. The van der Waals surface area contributed by atoms with E-state index in [2.05, 4.69) is 0 Å². The smallest absolute Gasteiger partial charge is 0.0701 e. The zero-order valence-electron chi connectivity index (χ0n) is 8.11. The molecule has 0 aliphatic carbocycles. The minimum absolute atomic E-state index is 0.577. The Labute approximate surface area is 79.2 Å². The molecule has 0 aliphatic heterocycles. The van der Waals surface area contributed by atoms with Crippen LogP contribution in [0.1, 0.15) is 6.92 Å². The molecule has 13 heavy (non-hydrogen) atoms. The Morgan fingerprint density at radius 1 is 1.23 bits per heavy atom. The van der Waals surface area contributed by atoms with Gasteiger partial charge < -0.3 is 20.2 Å². The van der Waals surface area contributed by atoms with E-state index in [-0.39, 0.29) is 0 Å². The van der Waals surface area contributed by atoms with Gasteiger partial charge in [-0.25, -0.2) is 5.84 Å². The Hall–Kier alpha value is -0.780. The molecule has 0 atom stereocenters. The Balaban J connectivity index is 3.06. The van der Waals surface area contributed by atoms with Gasteiger partial charge in [0.05, 0.1) is 26.4 Å². The predicted molar refractivity (Wildman–Crippen MR) is 51.5 cm³/mol. The van der Waals surface area contributed by atoms with Crippen molar-refractivity contribution in [2.75, 3.05) is 33.0 Å².